The lowest BCUT2D eigenvalue weighted by Crippen LogP contribution is -2.20. The van der Waals surface area contributed by atoms with Crippen LogP contribution < -0.4 is 10.6 Å². The second kappa shape index (κ2) is 4.80. The average molecular weight is 271 g/mol. The average Bonchev–Trinajstić information content (AvgIpc) is 2.62. The minimum Gasteiger partial charge on any atom is -0.368 e. The third kappa shape index (κ3) is 3.01. The van der Waals surface area contributed by atoms with Crippen molar-refractivity contribution >= 4 is 34.8 Å². The van der Waals surface area contributed by atoms with Crippen LogP contribution in [0.15, 0.2) is 5.38 Å². The van der Waals surface area contributed by atoms with Crippen LogP contribution in [0.2, 0.25) is 5.28 Å². The maximum Gasteiger partial charge on any atom is 0.231 e. The van der Waals surface area contributed by atoms with Gasteiger partial charge in [0.1, 0.15) is 0 Å². The molecule has 2 rings (SSSR count). The molecule has 0 aliphatic heterocycles. The molecule has 0 aliphatic carbocycles. The first-order valence-electron chi connectivity index (χ1n) is 4.84. The van der Waals surface area contributed by atoms with Crippen LogP contribution in [0, 0.1) is 6.92 Å². The van der Waals surface area contributed by atoms with Gasteiger partial charge < -0.3 is 10.6 Å². The molecule has 0 radical (unpaired) electrons. The third-order valence-corrected chi connectivity index (χ3v) is 3.01. The first-order chi connectivity index (χ1) is 8.04. The molecule has 8 heteroatoms. The number of anilines is 2. The van der Waals surface area contributed by atoms with Gasteiger partial charge in [0.15, 0.2) is 0 Å². The second-order valence-corrected chi connectivity index (χ2v) is 4.88. The Morgan fingerprint density at radius 2 is 2.12 bits per heavy atom. The quantitative estimate of drug-likeness (QED) is 0.910. The van der Waals surface area contributed by atoms with Crippen LogP contribution in [-0.2, 0) is 6.54 Å². The molecule has 0 saturated carbocycles. The van der Waals surface area contributed by atoms with Crippen molar-refractivity contribution in [3.8, 4) is 0 Å². The first kappa shape index (κ1) is 12.0. The van der Waals surface area contributed by atoms with Gasteiger partial charge in [0, 0.05) is 12.4 Å². The van der Waals surface area contributed by atoms with E-state index < -0.39 is 0 Å². The molecule has 90 valence electrons. The Morgan fingerprint density at radius 1 is 1.35 bits per heavy atom. The molecule has 0 aromatic carbocycles. The number of aryl methyl sites for hydroxylation is 1. The lowest BCUT2D eigenvalue weighted by atomic mass is 10.4. The number of thiazole rings is 1. The Morgan fingerprint density at radius 3 is 2.71 bits per heavy atom. The van der Waals surface area contributed by atoms with Crippen LogP contribution in [0.3, 0.4) is 0 Å². The molecule has 17 heavy (non-hydrogen) atoms. The van der Waals surface area contributed by atoms with E-state index in [1.807, 2.05) is 24.3 Å². The molecule has 0 amide bonds. The van der Waals surface area contributed by atoms with E-state index in [1.165, 1.54) is 0 Å². The number of nitrogens with zero attached hydrogens (tertiary/aromatic N) is 5. The van der Waals surface area contributed by atoms with Gasteiger partial charge in [0.05, 0.1) is 17.2 Å². The topological polar surface area (TPSA) is 80.8 Å². The molecule has 2 N–H and O–H groups in total. The van der Waals surface area contributed by atoms with Crippen LogP contribution in [-0.4, -0.2) is 27.0 Å². The van der Waals surface area contributed by atoms with E-state index in [0.29, 0.717) is 12.5 Å². The van der Waals surface area contributed by atoms with Crippen LogP contribution in [0.25, 0.3) is 0 Å². The van der Waals surface area contributed by atoms with Crippen molar-refractivity contribution in [1.82, 2.24) is 19.9 Å². The molecule has 2 aromatic rings. The molecule has 0 spiro atoms. The molecule has 6 nitrogen and oxygen atoms in total. The summed E-state index contributed by atoms with van der Waals surface area (Å²) in [7, 11) is 1.85. The van der Waals surface area contributed by atoms with Crippen molar-refractivity contribution in [3.63, 3.8) is 0 Å². The second-order valence-electron chi connectivity index (χ2n) is 3.48. The number of hydrogen-bond acceptors (Lipinski definition) is 7. The summed E-state index contributed by atoms with van der Waals surface area (Å²) in [5.74, 6) is 0.550. The van der Waals surface area contributed by atoms with Crippen molar-refractivity contribution < 1.29 is 0 Å². The van der Waals surface area contributed by atoms with E-state index in [1.54, 1.807) is 11.3 Å². The zero-order chi connectivity index (χ0) is 12.4. The van der Waals surface area contributed by atoms with E-state index in [4.69, 9.17) is 17.3 Å². The fraction of sp³-hybridized carbons (Fsp3) is 0.333. The molecular formula is C9H11ClN6S. The van der Waals surface area contributed by atoms with E-state index in [0.717, 1.165) is 10.7 Å². The lowest BCUT2D eigenvalue weighted by molar-refractivity contribution is 0.837. The predicted octanol–water partition coefficient (Wildman–Crippen LogP) is 1.51. The van der Waals surface area contributed by atoms with Gasteiger partial charge in [0.25, 0.3) is 0 Å². The Labute approximate surface area is 108 Å². The van der Waals surface area contributed by atoms with Crippen molar-refractivity contribution in [1.29, 1.82) is 0 Å². The van der Waals surface area contributed by atoms with Crippen LogP contribution in [0.5, 0.6) is 0 Å². The lowest BCUT2D eigenvalue weighted by Gasteiger charge is -2.15. The summed E-state index contributed by atoms with van der Waals surface area (Å²) in [6, 6.07) is 0. The summed E-state index contributed by atoms with van der Waals surface area (Å²) in [5, 5.41) is 3.12. The maximum absolute atomic E-state index is 5.72. The molecular weight excluding hydrogens is 260 g/mol. The van der Waals surface area contributed by atoms with Crippen molar-refractivity contribution in [2.24, 2.45) is 0 Å². The Bertz CT molecular complexity index is 508. The fourth-order valence-corrected chi connectivity index (χ4v) is 2.09. The molecule has 0 fully saturated rings. The number of nitrogens with two attached hydrogens (primary N) is 1. The summed E-state index contributed by atoms with van der Waals surface area (Å²) in [4.78, 5) is 17.9. The maximum atomic E-state index is 5.72. The molecule has 2 aromatic heterocycles. The smallest absolute Gasteiger partial charge is 0.231 e. The molecule has 0 aliphatic rings. The van der Waals surface area contributed by atoms with Gasteiger partial charge in [0.2, 0.25) is 17.2 Å². The minimum atomic E-state index is 0.0915. The molecule has 0 atom stereocenters. The standard InChI is InChI=1S/C9H11ClN6S/c1-5-12-6(4-17-5)3-16(2)9-14-7(10)13-8(11)15-9/h4H,3H2,1-2H3,(H2,11,13,14,15). The van der Waals surface area contributed by atoms with Crippen LogP contribution >= 0.6 is 22.9 Å². The van der Waals surface area contributed by atoms with Gasteiger partial charge >= 0.3 is 0 Å². The molecule has 0 bridgehead atoms. The van der Waals surface area contributed by atoms with Crippen LogP contribution in [0.4, 0.5) is 11.9 Å². The normalized spacial score (nSPS) is 10.5. The van der Waals surface area contributed by atoms with Crippen molar-refractivity contribution in [2.45, 2.75) is 13.5 Å². The fourth-order valence-electron chi connectivity index (χ4n) is 1.32. The molecule has 0 unspecified atom stereocenters. The monoisotopic (exact) mass is 270 g/mol. The first-order valence-corrected chi connectivity index (χ1v) is 6.09. The highest BCUT2D eigenvalue weighted by atomic mass is 35.5. The summed E-state index contributed by atoms with van der Waals surface area (Å²) in [6.45, 7) is 2.57. The summed E-state index contributed by atoms with van der Waals surface area (Å²) < 4.78 is 0. The number of halogens is 1. The van der Waals surface area contributed by atoms with E-state index in [2.05, 4.69) is 19.9 Å². The van der Waals surface area contributed by atoms with Crippen LogP contribution in [0.1, 0.15) is 10.7 Å². The summed E-state index contributed by atoms with van der Waals surface area (Å²) in [5.41, 5.74) is 6.47. The summed E-state index contributed by atoms with van der Waals surface area (Å²) >= 11 is 7.33. The minimum absolute atomic E-state index is 0.0915. The molecule has 2 heterocycles. The largest absolute Gasteiger partial charge is 0.368 e. The Hall–Kier alpha value is -1.47. The zero-order valence-corrected chi connectivity index (χ0v) is 11.0. The van der Waals surface area contributed by atoms with E-state index >= 15 is 0 Å². The number of nitrogen functional groups attached to an aromatic ring is 1. The zero-order valence-electron chi connectivity index (χ0n) is 9.38. The van der Waals surface area contributed by atoms with Gasteiger partial charge in [-0.1, -0.05) is 0 Å². The van der Waals surface area contributed by atoms with Crippen molar-refractivity contribution in [3.05, 3.63) is 21.4 Å². The predicted molar refractivity (Wildman–Crippen MR) is 68.2 cm³/mol. The Balaban J connectivity index is 2.16. The van der Waals surface area contributed by atoms with Gasteiger partial charge in [-0.3, -0.25) is 0 Å². The SMILES string of the molecule is Cc1nc(CN(C)c2nc(N)nc(Cl)n2)cs1. The number of hydrogen-bond donors (Lipinski definition) is 1. The highest BCUT2D eigenvalue weighted by Crippen LogP contribution is 2.15. The van der Waals surface area contributed by atoms with Gasteiger partial charge in [-0.25, -0.2) is 4.98 Å². The van der Waals surface area contributed by atoms with Gasteiger partial charge in [-0.2, -0.15) is 15.0 Å². The number of aromatic nitrogens is 4. The summed E-state index contributed by atoms with van der Waals surface area (Å²) in [6.07, 6.45) is 0. The molecule has 0 saturated heterocycles. The van der Waals surface area contributed by atoms with Gasteiger partial charge in [-0.15, -0.1) is 11.3 Å². The third-order valence-electron chi connectivity index (χ3n) is 2.02. The van der Waals surface area contributed by atoms with E-state index in [9.17, 15) is 0 Å². The Kier molecular flexibility index (Phi) is 3.39. The van der Waals surface area contributed by atoms with Crippen molar-refractivity contribution in [2.75, 3.05) is 17.7 Å². The highest BCUT2D eigenvalue weighted by molar-refractivity contribution is 7.09. The van der Waals surface area contributed by atoms with E-state index in [-0.39, 0.29) is 11.2 Å². The number of rotatable bonds is 3. The highest BCUT2D eigenvalue weighted by Gasteiger charge is 2.09. The van der Waals surface area contributed by atoms with Gasteiger partial charge in [-0.05, 0) is 18.5 Å².